The van der Waals surface area contributed by atoms with Crippen LogP contribution in [-0.2, 0) is 9.53 Å². The fourth-order valence-corrected chi connectivity index (χ4v) is 2.81. The SMILES string of the molecule is COC(=O)C(C)(C)COc1cc(O)c2c(=O)c(O)c(-c3ccc(O)c(O)c3)oc2c1. The van der Waals surface area contributed by atoms with Gasteiger partial charge in [-0.3, -0.25) is 9.59 Å². The number of hydrogen-bond acceptors (Lipinski definition) is 9. The Morgan fingerprint density at radius 3 is 2.37 bits per heavy atom. The lowest BCUT2D eigenvalue weighted by atomic mass is 9.95. The topological polar surface area (TPSA) is 147 Å². The van der Waals surface area contributed by atoms with Gasteiger partial charge in [0.2, 0.25) is 11.2 Å². The number of hydrogen-bond donors (Lipinski definition) is 4. The molecule has 0 saturated heterocycles. The van der Waals surface area contributed by atoms with Crippen LogP contribution in [0.25, 0.3) is 22.3 Å². The third kappa shape index (κ3) is 3.69. The first-order valence-corrected chi connectivity index (χ1v) is 8.81. The Kier molecular flexibility index (Phi) is 5.22. The maximum Gasteiger partial charge on any atom is 0.314 e. The summed E-state index contributed by atoms with van der Waals surface area (Å²) in [5.74, 6) is -2.76. The molecular weight excluding hydrogens is 396 g/mol. The van der Waals surface area contributed by atoms with Gasteiger partial charge in [0.05, 0.1) is 12.5 Å². The van der Waals surface area contributed by atoms with Crippen molar-refractivity contribution in [2.45, 2.75) is 13.8 Å². The van der Waals surface area contributed by atoms with Crippen molar-refractivity contribution in [2.24, 2.45) is 5.41 Å². The summed E-state index contributed by atoms with van der Waals surface area (Å²) in [6.45, 7) is 3.16. The monoisotopic (exact) mass is 416 g/mol. The number of carbonyl (C=O) groups excluding carboxylic acids is 1. The van der Waals surface area contributed by atoms with E-state index in [-0.39, 0.29) is 40.4 Å². The predicted molar refractivity (Wildman–Crippen MR) is 106 cm³/mol. The van der Waals surface area contributed by atoms with Crippen LogP contribution in [0.5, 0.6) is 28.7 Å². The summed E-state index contributed by atoms with van der Waals surface area (Å²) in [7, 11) is 1.26. The standard InChI is InChI=1S/C21H20O9/c1-21(2,20(27)28-3)9-29-11-7-14(24)16-15(8-11)30-19(18(26)17(16)25)10-4-5-12(22)13(23)6-10/h4-8,22-24,26H,9H2,1-3H3. The Labute approximate surface area is 170 Å². The van der Waals surface area contributed by atoms with Gasteiger partial charge in [-0.15, -0.1) is 0 Å². The van der Waals surface area contributed by atoms with E-state index < -0.39 is 34.1 Å². The molecule has 0 radical (unpaired) electrons. The largest absolute Gasteiger partial charge is 0.507 e. The smallest absolute Gasteiger partial charge is 0.314 e. The molecule has 4 N–H and O–H groups in total. The number of fused-ring (bicyclic) bond motifs is 1. The first-order chi connectivity index (χ1) is 14.0. The molecule has 3 aromatic rings. The summed E-state index contributed by atoms with van der Waals surface area (Å²) < 4.78 is 15.9. The van der Waals surface area contributed by atoms with Crippen LogP contribution in [0.15, 0.2) is 39.5 Å². The van der Waals surface area contributed by atoms with Gasteiger partial charge in [0.15, 0.2) is 17.3 Å². The van der Waals surface area contributed by atoms with Gasteiger partial charge in [0.1, 0.15) is 29.1 Å². The van der Waals surface area contributed by atoms with Crippen LogP contribution in [0.2, 0.25) is 0 Å². The first-order valence-electron chi connectivity index (χ1n) is 8.81. The highest BCUT2D eigenvalue weighted by Crippen LogP contribution is 2.38. The predicted octanol–water partition coefficient (Wildman–Crippen LogP) is 2.86. The molecule has 0 saturated carbocycles. The molecule has 0 fully saturated rings. The van der Waals surface area contributed by atoms with Crippen molar-refractivity contribution >= 4 is 16.9 Å². The van der Waals surface area contributed by atoms with Gasteiger partial charge in [-0.2, -0.15) is 0 Å². The Bertz CT molecular complexity index is 1190. The third-order valence-electron chi connectivity index (χ3n) is 4.50. The van der Waals surface area contributed by atoms with Crippen LogP contribution >= 0.6 is 0 Å². The lowest BCUT2D eigenvalue weighted by Crippen LogP contribution is -2.32. The summed E-state index contributed by atoms with van der Waals surface area (Å²) in [6, 6.07) is 6.10. The molecular formula is C21H20O9. The summed E-state index contributed by atoms with van der Waals surface area (Å²) >= 11 is 0. The summed E-state index contributed by atoms with van der Waals surface area (Å²) in [4.78, 5) is 24.4. The van der Waals surface area contributed by atoms with E-state index in [2.05, 4.69) is 0 Å². The summed E-state index contributed by atoms with van der Waals surface area (Å²) in [5, 5.41) is 39.4. The Balaban J connectivity index is 2.08. The number of carbonyl (C=O) groups is 1. The number of esters is 1. The Morgan fingerprint density at radius 1 is 1.03 bits per heavy atom. The van der Waals surface area contributed by atoms with Gasteiger partial charge in [0, 0.05) is 17.7 Å². The molecule has 0 aliphatic carbocycles. The molecule has 0 amide bonds. The van der Waals surface area contributed by atoms with Crippen molar-refractivity contribution in [1.82, 2.24) is 0 Å². The maximum absolute atomic E-state index is 12.6. The highest BCUT2D eigenvalue weighted by molar-refractivity contribution is 5.88. The molecule has 1 heterocycles. The molecule has 3 rings (SSSR count). The van der Waals surface area contributed by atoms with Crippen molar-refractivity contribution < 1.29 is 39.1 Å². The molecule has 0 aliphatic rings. The number of phenols is 3. The molecule has 0 aliphatic heterocycles. The number of aromatic hydroxyl groups is 4. The van der Waals surface area contributed by atoms with E-state index in [0.717, 1.165) is 12.1 Å². The van der Waals surface area contributed by atoms with Crippen molar-refractivity contribution in [2.75, 3.05) is 13.7 Å². The van der Waals surface area contributed by atoms with Crippen molar-refractivity contribution in [3.05, 3.63) is 40.6 Å². The molecule has 0 bridgehead atoms. The first kappa shape index (κ1) is 20.8. The van der Waals surface area contributed by atoms with E-state index in [1.54, 1.807) is 13.8 Å². The maximum atomic E-state index is 12.6. The zero-order valence-corrected chi connectivity index (χ0v) is 16.4. The van der Waals surface area contributed by atoms with E-state index in [4.69, 9.17) is 13.9 Å². The van der Waals surface area contributed by atoms with E-state index >= 15 is 0 Å². The Morgan fingerprint density at radius 2 is 1.73 bits per heavy atom. The van der Waals surface area contributed by atoms with Crippen molar-refractivity contribution in [1.29, 1.82) is 0 Å². The molecule has 0 atom stereocenters. The lowest BCUT2D eigenvalue weighted by Gasteiger charge is -2.21. The van der Waals surface area contributed by atoms with Crippen LogP contribution in [0.3, 0.4) is 0 Å². The molecule has 30 heavy (non-hydrogen) atoms. The number of benzene rings is 2. The van der Waals surface area contributed by atoms with E-state index in [9.17, 15) is 30.0 Å². The molecule has 9 nitrogen and oxygen atoms in total. The van der Waals surface area contributed by atoms with Gasteiger partial charge in [-0.1, -0.05) is 0 Å². The highest BCUT2D eigenvalue weighted by atomic mass is 16.5. The van der Waals surface area contributed by atoms with Crippen LogP contribution in [-0.4, -0.2) is 40.1 Å². The quantitative estimate of drug-likeness (QED) is 0.364. The fraction of sp³-hybridized carbons (Fsp3) is 0.238. The molecule has 1 aromatic heterocycles. The van der Waals surface area contributed by atoms with Crippen molar-refractivity contribution in [3.63, 3.8) is 0 Å². The minimum atomic E-state index is -0.968. The summed E-state index contributed by atoms with van der Waals surface area (Å²) in [6.07, 6.45) is 0. The van der Waals surface area contributed by atoms with E-state index in [0.29, 0.717) is 0 Å². The number of phenolic OH excluding ortho intramolecular Hbond substituents is 3. The van der Waals surface area contributed by atoms with Gasteiger partial charge >= 0.3 is 5.97 Å². The van der Waals surface area contributed by atoms with Crippen molar-refractivity contribution in [3.8, 4) is 40.1 Å². The van der Waals surface area contributed by atoms with Gasteiger partial charge in [-0.25, -0.2) is 0 Å². The van der Waals surface area contributed by atoms with Gasteiger partial charge in [-0.05, 0) is 32.0 Å². The number of methoxy groups -OCH3 is 1. The number of ether oxygens (including phenoxy) is 2. The summed E-state index contributed by atoms with van der Waals surface area (Å²) in [5.41, 5.74) is -1.83. The zero-order valence-electron chi connectivity index (χ0n) is 16.4. The average Bonchev–Trinajstić information content (AvgIpc) is 2.70. The van der Waals surface area contributed by atoms with E-state index in [1.807, 2.05) is 0 Å². The normalized spacial score (nSPS) is 11.4. The molecule has 158 valence electrons. The van der Waals surface area contributed by atoms with Crippen LogP contribution in [0.1, 0.15) is 13.8 Å². The van der Waals surface area contributed by atoms with Crippen LogP contribution < -0.4 is 10.2 Å². The van der Waals surface area contributed by atoms with Crippen LogP contribution in [0, 0.1) is 5.41 Å². The van der Waals surface area contributed by atoms with Gasteiger partial charge in [0.25, 0.3) is 0 Å². The molecule has 2 aromatic carbocycles. The lowest BCUT2D eigenvalue weighted by molar-refractivity contribution is -0.152. The second-order valence-corrected chi connectivity index (χ2v) is 7.29. The zero-order chi connectivity index (χ0) is 22.2. The highest BCUT2D eigenvalue weighted by Gasteiger charge is 2.30. The van der Waals surface area contributed by atoms with Gasteiger partial charge < -0.3 is 34.3 Å². The second-order valence-electron chi connectivity index (χ2n) is 7.29. The second kappa shape index (κ2) is 7.51. The molecule has 0 unspecified atom stereocenters. The minimum Gasteiger partial charge on any atom is -0.507 e. The molecule has 9 heteroatoms. The third-order valence-corrected chi connectivity index (χ3v) is 4.50. The molecule has 0 spiro atoms. The minimum absolute atomic E-state index is 0.0778. The average molecular weight is 416 g/mol. The number of rotatable bonds is 5. The van der Waals surface area contributed by atoms with Crippen LogP contribution in [0.4, 0.5) is 0 Å². The fourth-order valence-electron chi connectivity index (χ4n) is 2.81. The van der Waals surface area contributed by atoms with E-state index in [1.165, 1.54) is 25.3 Å². The Hall–Kier alpha value is -3.88.